The molecule has 0 aliphatic carbocycles. The number of urea groups is 1. The predicted molar refractivity (Wildman–Crippen MR) is 112 cm³/mol. The van der Waals surface area contributed by atoms with Crippen molar-refractivity contribution < 1.29 is 18.7 Å². The molecule has 3 rings (SSSR count). The Morgan fingerprint density at radius 1 is 1.17 bits per heavy atom. The van der Waals surface area contributed by atoms with Gasteiger partial charge in [0.1, 0.15) is 11.6 Å². The number of nitrogens with zero attached hydrogens (tertiary/aromatic N) is 3. The molecule has 30 heavy (non-hydrogen) atoms. The van der Waals surface area contributed by atoms with Crippen molar-refractivity contribution in [1.82, 2.24) is 15.2 Å². The fourth-order valence-corrected chi connectivity index (χ4v) is 3.35. The lowest BCUT2D eigenvalue weighted by Crippen LogP contribution is -2.52. The van der Waals surface area contributed by atoms with Gasteiger partial charge in [-0.25, -0.2) is 15.0 Å². The van der Waals surface area contributed by atoms with Gasteiger partial charge in [0.2, 0.25) is 0 Å². The molecule has 2 aromatic carbocycles. The van der Waals surface area contributed by atoms with Gasteiger partial charge in [-0.15, -0.1) is 0 Å². The smallest absolute Gasteiger partial charge is 0.325 e. The molecule has 1 fully saturated rings. The van der Waals surface area contributed by atoms with Gasteiger partial charge in [-0.3, -0.25) is 15.1 Å². The second kappa shape index (κ2) is 9.55. The first-order valence-corrected chi connectivity index (χ1v) is 9.62. The minimum absolute atomic E-state index is 0.0120. The number of para-hydroxylation sites is 2. The van der Waals surface area contributed by atoms with E-state index in [1.165, 1.54) is 24.1 Å². The molecular formula is C21H26FN5O3. The molecular weight excluding hydrogens is 389 g/mol. The summed E-state index contributed by atoms with van der Waals surface area (Å²) < 4.78 is 20.2. The first-order chi connectivity index (χ1) is 14.4. The molecule has 1 heterocycles. The van der Waals surface area contributed by atoms with Crippen molar-refractivity contribution in [2.75, 3.05) is 45.2 Å². The van der Waals surface area contributed by atoms with Crippen LogP contribution < -0.4 is 20.9 Å². The lowest BCUT2D eigenvalue weighted by molar-refractivity contribution is 0.0953. The first-order valence-electron chi connectivity index (χ1n) is 9.62. The highest BCUT2D eigenvalue weighted by atomic mass is 19.1. The van der Waals surface area contributed by atoms with E-state index in [0.29, 0.717) is 24.5 Å². The molecule has 0 radical (unpaired) electrons. The van der Waals surface area contributed by atoms with E-state index in [9.17, 15) is 14.0 Å². The predicted octanol–water partition coefficient (Wildman–Crippen LogP) is 1.81. The highest BCUT2D eigenvalue weighted by Gasteiger charge is 2.28. The van der Waals surface area contributed by atoms with Gasteiger partial charge in [-0.05, 0) is 31.3 Å². The molecule has 9 heteroatoms. The number of nitrogen functional groups attached to an aromatic ring is 1. The number of likely N-dealkylation sites (N-methyl/N-ethyl adjacent to an activating group) is 1. The number of carbonyl (C=O) groups is 2. The molecule has 1 saturated heterocycles. The summed E-state index contributed by atoms with van der Waals surface area (Å²) in [5.74, 6) is 4.45. The second-order valence-electron chi connectivity index (χ2n) is 7.11. The zero-order valence-electron chi connectivity index (χ0n) is 17.1. The molecule has 3 N–H and O–H groups in total. The van der Waals surface area contributed by atoms with Crippen molar-refractivity contribution in [3.05, 3.63) is 59.4 Å². The molecule has 0 bridgehead atoms. The molecule has 8 nitrogen and oxygen atoms in total. The standard InChI is InChI=1S/C21H26FN5O3/c1-25-9-11-26(12-10-25)21(29)27(18-5-3-4-6-19(18)30-2)14-16-8-7-15(13-17(16)22)20(28)24-23/h3-8,13H,9-12,14,23H2,1-2H3,(H,24,28). The number of nitrogens with two attached hydrogens (primary N) is 1. The summed E-state index contributed by atoms with van der Waals surface area (Å²) in [7, 11) is 3.53. The largest absolute Gasteiger partial charge is 0.495 e. The van der Waals surface area contributed by atoms with Crippen LogP contribution in [0.5, 0.6) is 5.75 Å². The number of methoxy groups -OCH3 is 1. The quantitative estimate of drug-likeness (QED) is 0.442. The number of hydrogen-bond acceptors (Lipinski definition) is 5. The summed E-state index contributed by atoms with van der Waals surface area (Å²) in [6.45, 7) is 2.69. The topological polar surface area (TPSA) is 91.1 Å². The van der Waals surface area contributed by atoms with E-state index in [1.807, 2.05) is 18.5 Å². The summed E-state index contributed by atoms with van der Waals surface area (Å²) in [6.07, 6.45) is 0. The van der Waals surface area contributed by atoms with Crippen LogP contribution in [0.25, 0.3) is 0 Å². The van der Waals surface area contributed by atoms with Gasteiger partial charge in [0.05, 0.1) is 19.3 Å². The maximum absolute atomic E-state index is 14.8. The molecule has 0 saturated carbocycles. The van der Waals surface area contributed by atoms with Crippen molar-refractivity contribution >= 4 is 17.6 Å². The van der Waals surface area contributed by atoms with E-state index in [4.69, 9.17) is 10.6 Å². The molecule has 1 aliphatic rings. The van der Waals surface area contributed by atoms with Crippen LogP contribution in [-0.4, -0.2) is 62.1 Å². The normalized spacial score (nSPS) is 14.3. The third kappa shape index (κ3) is 4.69. The summed E-state index contributed by atoms with van der Waals surface area (Å²) in [6, 6.07) is 11.0. The summed E-state index contributed by atoms with van der Waals surface area (Å²) >= 11 is 0. The lowest BCUT2D eigenvalue weighted by Gasteiger charge is -2.36. The monoisotopic (exact) mass is 415 g/mol. The van der Waals surface area contributed by atoms with Gasteiger partial charge in [0.15, 0.2) is 0 Å². The Morgan fingerprint density at radius 3 is 2.50 bits per heavy atom. The molecule has 3 amide bonds. The molecule has 0 unspecified atom stereocenters. The van der Waals surface area contributed by atoms with Gasteiger partial charge in [-0.2, -0.15) is 0 Å². The minimum atomic E-state index is -0.595. The fourth-order valence-electron chi connectivity index (χ4n) is 3.35. The Hall–Kier alpha value is -3.17. The zero-order chi connectivity index (χ0) is 21.7. The van der Waals surface area contributed by atoms with Crippen LogP contribution in [0.4, 0.5) is 14.9 Å². The third-order valence-corrected chi connectivity index (χ3v) is 5.16. The van der Waals surface area contributed by atoms with Gasteiger partial charge < -0.3 is 14.5 Å². The second-order valence-corrected chi connectivity index (χ2v) is 7.11. The number of carbonyl (C=O) groups excluding carboxylic acids is 2. The Balaban J connectivity index is 1.94. The maximum atomic E-state index is 14.8. The van der Waals surface area contributed by atoms with Crippen LogP contribution in [0.15, 0.2) is 42.5 Å². The number of nitrogens with one attached hydrogen (secondary N) is 1. The van der Waals surface area contributed by atoms with E-state index in [1.54, 1.807) is 23.1 Å². The van der Waals surface area contributed by atoms with E-state index in [-0.39, 0.29) is 23.7 Å². The number of hydrazine groups is 1. The van der Waals surface area contributed by atoms with Gasteiger partial charge in [-0.1, -0.05) is 18.2 Å². The van der Waals surface area contributed by atoms with Crippen molar-refractivity contribution in [2.45, 2.75) is 6.54 Å². The third-order valence-electron chi connectivity index (χ3n) is 5.16. The first kappa shape index (κ1) is 21.5. The number of anilines is 1. The number of ether oxygens (including phenoxy) is 1. The molecule has 1 aliphatic heterocycles. The number of amides is 3. The van der Waals surface area contributed by atoms with Gasteiger partial charge in [0, 0.05) is 37.3 Å². The van der Waals surface area contributed by atoms with Crippen LogP contribution in [0, 0.1) is 5.82 Å². The number of hydrogen-bond donors (Lipinski definition) is 2. The number of piperazine rings is 1. The van der Waals surface area contributed by atoms with Crippen LogP contribution in [-0.2, 0) is 6.54 Å². The van der Waals surface area contributed by atoms with E-state index < -0.39 is 11.7 Å². The average molecular weight is 415 g/mol. The average Bonchev–Trinajstić information content (AvgIpc) is 2.77. The van der Waals surface area contributed by atoms with E-state index in [2.05, 4.69) is 4.90 Å². The molecule has 0 spiro atoms. The number of rotatable bonds is 5. The maximum Gasteiger partial charge on any atom is 0.325 e. The summed E-state index contributed by atoms with van der Waals surface area (Å²) in [5.41, 5.74) is 2.90. The molecule has 2 aromatic rings. The number of benzene rings is 2. The van der Waals surface area contributed by atoms with E-state index >= 15 is 0 Å². The van der Waals surface area contributed by atoms with Crippen molar-refractivity contribution in [3.8, 4) is 5.75 Å². The SMILES string of the molecule is COc1ccccc1N(Cc1ccc(C(=O)NN)cc1F)C(=O)N1CCN(C)CC1. The van der Waals surface area contributed by atoms with Crippen LogP contribution >= 0.6 is 0 Å². The van der Waals surface area contributed by atoms with Gasteiger partial charge in [0.25, 0.3) is 5.91 Å². The molecule has 160 valence electrons. The Labute approximate surface area is 175 Å². The van der Waals surface area contributed by atoms with Crippen molar-refractivity contribution in [1.29, 1.82) is 0 Å². The van der Waals surface area contributed by atoms with Crippen LogP contribution in [0.1, 0.15) is 15.9 Å². The Bertz CT molecular complexity index is 915. The number of halogens is 1. The fraction of sp³-hybridized carbons (Fsp3) is 0.333. The van der Waals surface area contributed by atoms with Crippen molar-refractivity contribution in [3.63, 3.8) is 0 Å². The highest BCUT2D eigenvalue weighted by molar-refractivity contribution is 5.94. The van der Waals surface area contributed by atoms with E-state index in [0.717, 1.165) is 19.2 Å². The Kier molecular flexibility index (Phi) is 6.86. The lowest BCUT2D eigenvalue weighted by atomic mass is 10.1. The van der Waals surface area contributed by atoms with Gasteiger partial charge >= 0.3 is 6.03 Å². The highest BCUT2D eigenvalue weighted by Crippen LogP contribution is 2.30. The molecule has 0 aromatic heterocycles. The summed E-state index contributed by atoms with van der Waals surface area (Å²) in [4.78, 5) is 30.4. The Morgan fingerprint density at radius 2 is 1.87 bits per heavy atom. The van der Waals surface area contributed by atoms with Crippen LogP contribution in [0.3, 0.4) is 0 Å². The van der Waals surface area contributed by atoms with Crippen molar-refractivity contribution in [2.24, 2.45) is 5.84 Å². The van der Waals surface area contributed by atoms with Crippen LogP contribution in [0.2, 0.25) is 0 Å². The zero-order valence-corrected chi connectivity index (χ0v) is 17.1. The summed E-state index contributed by atoms with van der Waals surface area (Å²) in [5, 5.41) is 0. The molecule has 0 atom stereocenters. The minimum Gasteiger partial charge on any atom is -0.495 e.